The zero-order chi connectivity index (χ0) is 15.7. The number of halogens is 1. The summed E-state index contributed by atoms with van der Waals surface area (Å²) in [4.78, 5) is 10.6. The van der Waals surface area contributed by atoms with Gasteiger partial charge >= 0.3 is 0 Å². The van der Waals surface area contributed by atoms with E-state index in [0.29, 0.717) is 11.1 Å². The number of aliphatic hydroxyl groups excluding tert-OH is 1. The van der Waals surface area contributed by atoms with Crippen LogP contribution in [0, 0.1) is 11.3 Å². The third-order valence-electron chi connectivity index (χ3n) is 2.63. The molecule has 0 spiro atoms. The van der Waals surface area contributed by atoms with Crippen LogP contribution in [0.2, 0.25) is 0 Å². The van der Waals surface area contributed by atoms with E-state index in [2.05, 4.69) is 0 Å². The smallest absolute Gasteiger partial charge is 0.252 e. The first-order chi connectivity index (χ1) is 10.1. The number of benzene rings is 2. The van der Waals surface area contributed by atoms with E-state index in [0.717, 1.165) is 5.56 Å². The van der Waals surface area contributed by atoms with Crippen LogP contribution in [-0.4, -0.2) is 16.9 Å². The van der Waals surface area contributed by atoms with Gasteiger partial charge < -0.3 is 10.8 Å². The monoisotopic (exact) mass is 302 g/mol. The normalized spacial score (nSPS) is 10.8. The van der Waals surface area contributed by atoms with Gasteiger partial charge in [0.25, 0.3) is 5.24 Å². The van der Waals surface area contributed by atoms with Crippen molar-refractivity contribution in [2.45, 2.75) is 6.10 Å². The van der Waals surface area contributed by atoms with E-state index in [9.17, 15) is 9.90 Å². The van der Waals surface area contributed by atoms with E-state index in [-0.39, 0.29) is 6.54 Å². The van der Waals surface area contributed by atoms with Crippen LogP contribution in [0.3, 0.4) is 0 Å². The quantitative estimate of drug-likeness (QED) is 0.853. The van der Waals surface area contributed by atoms with Crippen molar-refractivity contribution in [1.82, 2.24) is 0 Å². The first-order valence-corrected chi connectivity index (χ1v) is 6.59. The minimum absolute atomic E-state index is 0.282. The molecule has 1 atom stereocenters. The molecule has 0 aliphatic carbocycles. The summed E-state index contributed by atoms with van der Waals surface area (Å²) < 4.78 is 0. The highest BCUT2D eigenvalue weighted by molar-refractivity contribution is 6.67. The van der Waals surface area contributed by atoms with Gasteiger partial charge in [-0.1, -0.05) is 42.5 Å². The van der Waals surface area contributed by atoms with Gasteiger partial charge in [-0.3, -0.25) is 4.79 Å². The summed E-state index contributed by atoms with van der Waals surface area (Å²) in [6, 6.07) is 17.6. The Morgan fingerprint density at radius 2 is 1.90 bits per heavy atom. The second-order valence-corrected chi connectivity index (χ2v) is 4.47. The number of rotatable bonds is 3. The molecular weight excluding hydrogens is 288 g/mol. The van der Waals surface area contributed by atoms with E-state index >= 15 is 0 Å². The van der Waals surface area contributed by atoms with Crippen molar-refractivity contribution in [3.8, 4) is 6.07 Å². The van der Waals surface area contributed by atoms with E-state index in [1.807, 2.05) is 36.4 Å². The van der Waals surface area contributed by atoms with Crippen LogP contribution < -0.4 is 5.73 Å². The lowest BCUT2D eigenvalue weighted by atomic mass is 10.1. The lowest BCUT2D eigenvalue weighted by Gasteiger charge is -2.05. The average molecular weight is 303 g/mol. The highest BCUT2D eigenvalue weighted by Gasteiger charge is 2.01. The third kappa shape index (κ3) is 5.76. The molecular formula is C16H15ClN2O2. The average Bonchev–Trinajstić information content (AvgIpc) is 2.55. The molecule has 0 saturated carbocycles. The maximum absolute atomic E-state index is 10.6. The summed E-state index contributed by atoms with van der Waals surface area (Å²) in [5.41, 5.74) is 6.93. The summed E-state index contributed by atoms with van der Waals surface area (Å²) in [5.74, 6) is 0. The van der Waals surface area contributed by atoms with Crippen LogP contribution in [-0.2, 0) is 0 Å². The molecule has 2 rings (SSSR count). The molecule has 0 fully saturated rings. The number of nitrogens with zero attached hydrogens (tertiary/aromatic N) is 1. The fraction of sp³-hybridized carbons (Fsp3) is 0.125. The predicted octanol–water partition coefficient (Wildman–Crippen LogP) is 2.62. The van der Waals surface area contributed by atoms with E-state index in [1.54, 1.807) is 18.2 Å². The molecule has 4 nitrogen and oxygen atoms in total. The van der Waals surface area contributed by atoms with E-state index < -0.39 is 11.3 Å². The molecule has 2 aromatic rings. The minimum Gasteiger partial charge on any atom is -0.387 e. The molecule has 21 heavy (non-hydrogen) atoms. The largest absolute Gasteiger partial charge is 0.387 e. The topological polar surface area (TPSA) is 87.1 Å². The maximum Gasteiger partial charge on any atom is 0.252 e. The Morgan fingerprint density at radius 3 is 2.43 bits per heavy atom. The molecule has 0 bridgehead atoms. The lowest BCUT2D eigenvalue weighted by molar-refractivity contribution is 0.108. The molecule has 3 N–H and O–H groups in total. The van der Waals surface area contributed by atoms with Crippen LogP contribution >= 0.6 is 11.6 Å². The van der Waals surface area contributed by atoms with E-state index in [1.165, 1.54) is 6.07 Å². The first kappa shape index (κ1) is 16.9. The highest BCUT2D eigenvalue weighted by atomic mass is 35.5. The van der Waals surface area contributed by atoms with E-state index in [4.69, 9.17) is 22.6 Å². The summed E-state index contributed by atoms with van der Waals surface area (Å²) in [6.45, 7) is 0.282. The number of carbonyl (C=O) groups is 1. The molecule has 0 radical (unpaired) electrons. The Kier molecular flexibility index (Phi) is 7.13. The van der Waals surface area contributed by atoms with Crippen molar-refractivity contribution in [2.24, 2.45) is 5.73 Å². The van der Waals surface area contributed by atoms with Gasteiger partial charge in [0.05, 0.1) is 17.7 Å². The number of nitriles is 1. The Morgan fingerprint density at radius 1 is 1.24 bits per heavy atom. The van der Waals surface area contributed by atoms with Crippen LogP contribution in [0.4, 0.5) is 0 Å². The second kappa shape index (κ2) is 8.88. The molecule has 5 heteroatoms. The Balaban J connectivity index is 0.000000211. The first-order valence-electron chi connectivity index (χ1n) is 6.21. The molecule has 0 aromatic heterocycles. The van der Waals surface area contributed by atoms with Gasteiger partial charge in [-0.2, -0.15) is 5.26 Å². The fourth-order valence-electron chi connectivity index (χ4n) is 1.52. The number of hydrogen-bond donors (Lipinski definition) is 2. The van der Waals surface area contributed by atoms with Gasteiger partial charge in [-0.05, 0) is 29.3 Å². The molecule has 0 saturated heterocycles. The molecule has 2 aromatic carbocycles. The van der Waals surface area contributed by atoms with Crippen molar-refractivity contribution in [1.29, 1.82) is 5.26 Å². The predicted molar refractivity (Wildman–Crippen MR) is 81.8 cm³/mol. The van der Waals surface area contributed by atoms with Gasteiger partial charge in [0.2, 0.25) is 0 Å². The number of aliphatic hydroxyl groups is 1. The van der Waals surface area contributed by atoms with Crippen molar-refractivity contribution in [2.75, 3.05) is 6.54 Å². The van der Waals surface area contributed by atoms with Crippen LogP contribution in [0.25, 0.3) is 0 Å². The molecule has 0 heterocycles. The van der Waals surface area contributed by atoms with Crippen LogP contribution in [0.5, 0.6) is 0 Å². The maximum atomic E-state index is 10.6. The van der Waals surface area contributed by atoms with Crippen molar-refractivity contribution < 1.29 is 9.90 Å². The van der Waals surface area contributed by atoms with Gasteiger partial charge in [0, 0.05) is 12.1 Å². The SMILES string of the molecule is N#Cc1cccc(C(=O)Cl)c1.NCC(O)c1ccccc1. The summed E-state index contributed by atoms with van der Waals surface area (Å²) in [7, 11) is 0. The Bertz CT molecular complexity index is 624. The van der Waals surface area contributed by atoms with Gasteiger partial charge in [0.1, 0.15) is 0 Å². The summed E-state index contributed by atoms with van der Waals surface area (Å²) in [5, 5.41) is 17.1. The standard InChI is InChI=1S/C8H4ClNO.C8H11NO/c9-8(11)7-3-1-2-6(4-7)5-10;9-6-8(10)7-4-2-1-3-5-7/h1-4H;1-5,8,10H,6,9H2. The zero-order valence-corrected chi connectivity index (χ0v) is 12.0. The van der Waals surface area contributed by atoms with Gasteiger partial charge in [0.15, 0.2) is 0 Å². The molecule has 1 unspecified atom stereocenters. The zero-order valence-electron chi connectivity index (χ0n) is 11.2. The highest BCUT2D eigenvalue weighted by Crippen LogP contribution is 2.09. The summed E-state index contributed by atoms with van der Waals surface area (Å²) >= 11 is 5.18. The number of nitrogens with two attached hydrogens (primary N) is 1. The number of carbonyl (C=O) groups excluding carboxylic acids is 1. The number of hydrogen-bond acceptors (Lipinski definition) is 4. The van der Waals surface area contributed by atoms with Gasteiger partial charge in [-0.15, -0.1) is 0 Å². The molecule has 0 aliphatic heterocycles. The Hall–Kier alpha value is -2.19. The third-order valence-corrected chi connectivity index (χ3v) is 2.84. The second-order valence-electron chi connectivity index (χ2n) is 4.13. The Labute approximate surface area is 128 Å². The molecule has 0 amide bonds. The van der Waals surface area contributed by atoms with Crippen LogP contribution in [0.1, 0.15) is 27.6 Å². The molecule has 0 aliphatic rings. The fourth-order valence-corrected chi connectivity index (χ4v) is 1.64. The molecule has 108 valence electrons. The van der Waals surface area contributed by atoms with Gasteiger partial charge in [-0.25, -0.2) is 0 Å². The minimum atomic E-state index is -0.540. The van der Waals surface area contributed by atoms with Crippen LogP contribution in [0.15, 0.2) is 54.6 Å². The van der Waals surface area contributed by atoms with Crippen molar-refractivity contribution in [3.63, 3.8) is 0 Å². The van der Waals surface area contributed by atoms with Crippen molar-refractivity contribution >= 4 is 16.8 Å². The lowest BCUT2D eigenvalue weighted by Crippen LogP contribution is -2.10. The van der Waals surface area contributed by atoms with Crippen molar-refractivity contribution in [3.05, 3.63) is 71.3 Å². The summed E-state index contributed by atoms with van der Waals surface area (Å²) in [6.07, 6.45) is -0.513.